The number of rotatable bonds is 1. The van der Waals surface area contributed by atoms with Gasteiger partial charge in [0.1, 0.15) is 0 Å². The minimum absolute atomic E-state index is 1.41. The molecule has 0 unspecified atom stereocenters. The van der Waals surface area contributed by atoms with Gasteiger partial charge in [-0.1, -0.05) is 0 Å². The van der Waals surface area contributed by atoms with Crippen molar-refractivity contribution in [3.8, 4) is 0 Å². The number of hydrogen-bond acceptors (Lipinski definition) is 1. The molecule has 0 aliphatic carbocycles. The van der Waals surface area contributed by atoms with Gasteiger partial charge in [-0.25, -0.2) is 0 Å². The smallest absolute Gasteiger partial charge is 0.286 e. The largest absolute Gasteiger partial charge is 0.453 e. The van der Waals surface area contributed by atoms with Gasteiger partial charge in [0.05, 0.1) is 0 Å². The Morgan fingerprint density at radius 3 is 1.40 bits per heavy atom. The molecular weight excluding hydrogens is 490 g/mol. The molecule has 1 nitrogen and oxygen atoms in total. The molecule has 0 heterocycles. The summed E-state index contributed by atoms with van der Waals surface area (Å²) in [4.78, 5) is 10.3. The van der Waals surface area contributed by atoms with Crippen molar-refractivity contribution in [2.24, 2.45) is 0 Å². The lowest BCUT2D eigenvalue weighted by atomic mass is 10.4. The van der Waals surface area contributed by atoms with Crippen LogP contribution in [0.2, 0.25) is 0 Å². The van der Waals surface area contributed by atoms with Gasteiger partial charge in [-0.3, -0.25) is 4.79 Å². The van der Waals surface area contributed by atoms with Gasteiger partial charge in [-0.05, 0) is 67.8 Å². The second-order valence-electron chi connectivity index (χ2n) is 1.32. The topological polar surface area (TPSA) is 17.1 Å². The molecule has 0 atom stereocenters. The van der Waals surface area contributed by atoms with E-state index in [1.807, 2.05) is 0 Å². The highest BCUT2D eigenvalue weighted by molar-refractivity contribution is 14.3. The third-order valence-corrected chi connectivity index (χ3v) is 1.98. The number of carbonyl (C=O) groups excluding carboxylic acids is 1. The summed E-state index contributed by atoms with van der Waals surface area (Å²) in [5.74, 6) is -1.72. The average molecular weight is 490 g/mol. The van der Waals surface area contributed by atoms with Crippen molar-refractivity contribution in [1.82, 2.24) is 0 Å². The van der Waals surface area contributed by atoms with Gasteiger partial charge >= 0.3 is 6.18 Å². The highest BCUT2D eigenvalue weighted by Crippen LogP contribution is 2.41. The minimum Gasteiger partial charge on any atom is -0.286 e. The molecule has 0 fully saturated rings. The Bertz CT molecular complexity index is 130. The van der Waals surface area contributed by atoms with Gasteiger partial charge in [0.25, 0.3) is 5.78 Å². The highest BCUT2D eigenvalue weighted by Gasteiger charge is 2.48. The molecule has 7 heteroatoms. The van der Waals surface area contributed by atoms with E-state index in [0.717, 1.165) is 0 Å². The summed E-state index contributed by atoms with van der Waals surface area (Å²) in [6.07, 6.45) is -4.72. The molecule has 0 N–H and O–H groups in total. The summed E-state index contributed by atoms with van der Waals surface area (Å²) in [6, 6.07) is 0. The molecule has 0 aromatic carbocycles. The molecule has 0 saturated heterocycles. The molecule has 0 bridgehead atoms. The lowest BCUT2D eigenvalue weighted by molar-refractivity contribution is -0.168. The fourth-order valence-corrected chi connectivity index (χ4v) is 1.08. The molecule has 0 rings (SSSR count). The first-order valence-electron chi connectivity index (χ1n) is 1.84. The Labute approximate surface area is 95.9 Å². The molecule has 0 aromatic heterocycles. The van der Waals surface area contributed by atoms with E-state index in [1.165, 1.54) is 67.8 Å². The minimum atomic E-state index is -4.72. The molecule has 0 aliphatic heterocycles. The molecule has 0 amide bonds. The van der Waals surface area contributed by atoms with Crippen molar-refractivity contribution in [3.63, 3.8) is 0 Å². The van der Waals surface area contributed by atoms with Crippen LogP contribution in [0.3, 0.4) is 0 Å². The second-order valence-corrected chi connectivity index (χ2v) is 12.4. The maximum Gasteiger partial charge on any atom is 0.453 e. The number of Topliss-reactive ketones (excluding diaryl/α,β-unsaturated/α-hetero) is 1. The summed E-state index contributed by atoms with van der Waals surface area (Å²) < 4.78 is 33.3. The Hall–Kier alpha value is 1.65. The summed E-state index contributed by atoms with van der Waals surface area (Å²) in [5.41, 5.74) is 0. The number of alkyl halides is 6. The first kappa shape index (κ1) is 11.6. The van der Waals surface area contributed by atoms with Gasteiger partial charge in [0.15, 0.2) is -0.565 Å². The van der Waals surface area contributed by atoms with Crippen molar-refractivity contribution < 1.29 is 18.0 Å². The van der Waals surface area contributed by atoms with E-state index >= 15 is 0 Å². The standard InChI is InChI=1S/C3F3I3O/c4-2(5,6)1(10)3(7,8)9. The molecule has 0 aromatic rings. The van der Waals surface area contributed by atoms with Gasteiger partial charge in [-0.2, -0.15) is 13.2 Å². The number of hydrogen-bond donors (Lipinski definition) is 0. The van der Waals surface area contributed by atoms with Crippen molar-refractivity contribution in [2.75, 3.05) is 0 Å². The van der Waals surface area contributed by atoms with Crippen LogP contribution in [0.4, 0.5) is 13.2 Å². The Morgan fingerprint density at radius 1 is 1.10 bits per heavy atom. The Morgan fingerprint density at radius 2 is 1.40 bits per heavy atom. The predicted octanol–water partition coefficient (Wildman–Crippen LogP) is 3.08. The van der Waals surface area contributed by atoms with E-state index in [-0.39, 0.29) is 0 Å². The van der Waals surface area contributed by atoms with E-state index in [4.69, 9.17) is 0 Å². The third kappa shape index (κ3) is 3.88. The fraction of sp³-hybridized carbons (Fsp3) is 0.667. The van der Waals surface area contributed by atoms with Crippen LogP contribution < -0.4 is 0 Å². The summed E-state index contributed by atoms with van der Waals surface area (Å²) in [6.45, 7) is 0. The average Bonchev–Trinajstić information content (AvgIpc) is 1.59. The van der Waals surface area contributed by atoms with Gasteiger partial charge in [0.2, 0.25) is 0 Å². The summed E-state index contributed by atoms with van der Waals surface area (Å²) in [5, 5.41) is 0. The van der Waals surface area contributed by atoms with Crippen LogP contribution in [0.25, 0.3) is 0 Å². The number of carbonyl (C=O) groups is 1. The SMILES string of the molecule is O=C(C(F)(F)F)C(I)(I)I. The zero-order valence-electron chi connectivity index (χ0n) is 4.18. The van der Waals surface area contributed by atoms with Crippen LogP contribution in [-0.2, 0) is 4.79 Å². The molecular formula is C3F3I3O. The first-order valence-corrected chi connectivity index (χ1v) is 5.07. The molecule has 0 saturated carbocycles. The molecule has 0 aliphatic rings. The van der Waals surface area contributed by atoms with E-state index in [1.54, 1.807) is 0 Å². The van der Waals surface area contributed by atoms with Crippen LogP contribution >= 0.6 is 67.8 Å². The zero-order chi connectivity index (χ0) is 8.58. The monoisotopic (exact) mass is 490 g/mol. The number of ketones is 1. The molecule has 10 heavy (non-hydrogen) atoms. The van der Waals surface area contributed by atoms with Crippen molar-refractivity contribution in [3.05, 3.63) is 0 Å². The lowest BCUT2D eigenvalue weighted by Gasteiger charge is -2.12. The van der Waals surface area contributed by atoms with E-state index < -0.39 is 11.4 Å². The molecule has 0 radical (unpaired) electrons. The zero-order valence-corrected chi connectivity index (χ0v) is 10.6. The Balaban J connectivity index is 4.40. The third-order valence-electron chi connectivity index (χ3n) is 0.515. The summed E-state index contributed by atoms with van der Waals surface area (Å²) >= 11 is 4.29. The van der Waals surface area contributed by atoms with Crippen LogP contribution in [0.5, 0.6) is 0 Å². The Kier molecular flexibility index (Phi) is 4.17. The molecule has 60 valence electrons. The normalized spacial score (nSPS) is 13.4. The van der Waals surface area contributed by atoms with E-state index in [9.17, 15) is 18.0 Å². The lowest BCUT2D eigenvalue weighted by Crippen LogP contribution is -2.32. The maximum atomic E-state index is 11.6. The number of halogens is 6. The highest BCUT2D eigenvalue weighted by atomic mass is 127. The maximum absolute atomic E-state index is 11.6. The second kappa shape index (κ2) is 3.58. The quantitative estimate of drug-likeness (QED) is 0.409. The fourth-order valence-electron chi connectivity index (χ4n) is 0.161. The first-order chi connectivity index (χ1) is 4.15. The van der Waals surface area contributed by atoms with Gasteiger partial charge in [-0.15, -0.1) is 0 Å². The van der Waals surface area contributed by atoms with Crippen LogP contribution in [0.1, 0.15) is 0 Å². The van der Waals surface area contributed by atoms with Crippen molar-refractivity contribution in [1.29, 1.82) is 0 Å². The van der Waals surface area contributed by atoms with Crippen LogP contribution in [-0.4, -0.2) is 11.4 Å². The van der Waals surface area contributed by atoms with Crippen LogP contribution in [0, 0.1) is 0 Å². The van der Waals surface area contributed by atoms with Gasteiger partial charge < -0.3 is 0 Å². The van der Waals surface area contributed by atoms with Crippen LogP contribution in [0.15, 0.2) is 0 Å². The summed E-state index contributed by atoms with van der Waals surface area (Å²) in [7, 11) is 0. The van der Waals surface area contributed by atoms with E-state index in [0.29, 0.717) is 0 Å². The van der Waals surface area contributed by atoms with Crippen molar-refractivity contribution in [2.45, 2.75) is 5.61 Å². The predicted molar refractivity (Wildman–Crippen MR) is 55.9 cm³/mol. The van der Waals surface area contributed by atoms with E-state index in [2.05, 4.69) is 0 Å². The molecule has 0 spiro atoms. The van der Waals surface area contributed by atoms with Gasteiger partial charge in [0, 0.05) is 0 Å². The van der Waals surface area contributed by atoms with Crippen molar-refractivity contribution >= 4 is 73.6 Å².